The number of hydrogen-bond acceptors (Lipinski definition) is 6. The number of hydrogen-bond donors (Lipinski definition) is 1. The quantitative estimate of drug-likeness (QED) is 0.629. The van der Waals surface area contributed by atoms with Crippen LogP contribution >= 0.6 is 0 Å². The molecule has 5 rings (SSSR count). The summed E-state index contributed by atoms with van der Waals surface area (Å²) in [6.07, 6.45) is 6.33. The summed E-state index contributed by atoms with van der Waals surface area (Å²) >= 11 is 0. The maximum atomic E-state index is 12.2. The molecule has 2 aromatic heterocycles. The number of carbonyl (C=O) groups is 1. The van der Waals surface area contributed by atoms with Gasteiger partial charge in [0.25, 0.3) is 0 Å². The molecule has 2 aliphatic heterocycles. The first-order valence-electron chi connectivity index (χ1n) is 12.2. The lowest BCUT2D eigenvalue weighted by molar-refractivity contribution is -0.128. The number of aliphatic imine (C=N–C) groups is 1. The van der Waals surface area contributed by atoms with Crippen molar-refractivity contribution in [2.45, 2.75) is 39.2 Å². The normalized spacial score (nSPS) is 20.0. The van der Waals surface area contributed by atoms with E-state index in [9.17, 15) is 4.79 Å². The van der Waals surface area contributed by atoms with Gasteiger partial charge in [-0.15, -0.1) is 0 Å². The summed E-state index contributed by atoms with van der Waals surface area (Å²) in [5, 5.41) is 6.38. The minimum Gasteiger partial charge on any atom is -0.398 e. The lowest BCUT2D eigenvalue weighted by Gasteiger charge is -2.31. The van der Waals surface area contributed by atoms with Gasteiger partial charge in [0.2, 0.25) is 5.91 Å². The third kappa shape index (κ3) is 4.71. The van der Waals surface area contributed by atoms with Crippen molar-refractivity contribution in [3.8, 4) is 11.3 Å². The van der Waals surface area contributed by atoms with E-state index in [1.54, 1.807) is 11.6 Å². The van der Waals surface area contributed by atoms with Gasteiger partial charge in [-0.1, -0.05) is 18.2 Å². The van der Waals surface area contributed by atoms with Crippen molar-refractivity contribution in [2.24, 2.45) is 17.8 Å². The molecule has 0 radical (unpaired) electrons. The van der Waals surface area contributed by atoms with Crippen LogP contribution in [0.1, 0.15) is 37.4 Å². The molecule has 8 heteroatoms. The molecule has 1 amide bonds. The Labute approximate surface area is 205 Å². The number of aromatic nitrogens is 3. The van der Waals surface area contributed by atoms with Gasteiger partial charge in [-0.2, -0.15) is 5.10 Å². The molecule has 2 aliphatic rings. The summed E-state index contributed by atoms with van der Waals surface area (Å²) in [5.41, 5.74) is 13.2. The second-order valence-corrected chi connectivity index (χ2v) is 9.40. The second kappa shape index (κ2) is 9.62. The fourth-order valence-corrected chi connectivity index (χ4v) is 5.04. The zero-order valence-electron chi connectivity index (χ0n) is 20.6. The topological polar surface area (TPSA) is 98.6 Å². The summed E-state index contributed by atoms with van der Waals surface area (Å²) in [7, 11) is 1.90. The Morgan fingerprint density at radius 3 is 2.77 bits per heavy atom. The van der Waals surface area contributed by atoms with Crippen molar-refractivity contribution >= 4 is 28.1 Å². The SMILES string of the molecule is CC(=O)N1CCC(=NC2CCOCC2)C(=C(N)c2cccc3cc(-c4cnn(C)c4)nc(C)c23)C1. The average Bonchev–Trinajstić information content (AvgIpc) is 3.30. The van der Waals surface area contributed by atoms with Crippen LogP contribution in [0.25, 0.3) is 27.7 Å². The molecule has 0 aliphatic carbocycles. The summed E-state index contributed by atoms with van der Waals surface area (Å²) in [4.78, 5) is 24.1. The molecule has 0 bridgehead atoms. The van der Waals surface area contributed by atoms with Crippen LogP contribution in [0.15, 0.2) is 47.2 Å². The van der Waals surface area contributed by atoms with Gasteiger partial charge in [0.05, 0.1) is 17.9 Å². The Bertz CT molecular complexity index is 1330. The summed E-state index contributed by atoms with van der Waals surface area (Å²) in [6.45, 7) is 6.24. The Morgan fingerprint density at radius 2 is 2.06 bits per heavy atom. The van der Waals surface area contributed by atoms with Gasteiger partial charge in [0.1, 0.15) is 0 Å². The van der Waals surface area contributed by atoms with E-state index in [1.807, 2.05) is 43.4 Å². The molecule has 0 spiro atoms. The van der Waals surface area contributed by atoms with Crippen LogP contribution in [-0.4, -0.2) is 63.6 Å². The van der Waals surface area contributed by atoms with Crippen molar-refractivity contribution < 1.29 is 9.53 Å². The van der Waals surface area contributed by atoms with Crippen LogP contribution in [0.4, 0.5) is 0 Å². The Hall–Kier alpha value is -3.52. The fourth-order valence-electron chi connectivity index (χ4n) is 5.04. The van der Waals surface area contributed by atoms with Gasteiger partial charge in [-0.25, -0.2) is 0 Å². The van der Waals surface area contributed by atoms with Crippen molar-refractivity contribution in [3.05, 3.63) is 53.5 Å². The smallest absolute Gasteiger partial charge is 0.219 e. The van der Waals surface area contributed by atoms with Crippen LogP contribution < -0.4 is 5.73 Å². The van der Waals surface area contributed by atoms with E-state index in [0.29, 0.717) is 25.2 Å². The van der Waals surface area contributed by atoms with E-state index in [4.69, 9.17) is 20.4 Å². The highest BCUT2D eigenvalue weighted by molar-refractivity contribution is 6.10. The number of aryl methyl sites for hydroxylation is 2. The molecular formula is C27H32N6O2. The zero-order chi connectivity index (χ0) is 24.5. The molecule has 0 unspecified atom stereocenters. The number of amides is 1. The molecule has 2 N–H and O–H groups in total. The van der Waals surface area contributed by atoms with Crippen molar-refractivity contribution in [1.82, 2.24) is 19.7 Å². The molecule has 4 heterocycles. The standard InChI is InChI=1S/C27H32N6O2/c1-17-26-19(13-25(30-17)20-14-29-32(3)15-20)5-4-6-22(26)27(28)23-16-33(18(2)34)10-7-24(23)31-21-8-11-35-12-9-21/h4-6,13-15,21H,7-12,16,28H2,1-3H3. The zero-order valence-corrected chi connectivity index (χ0v) is 20.6. The van der Waals surface area contributed by atoms with Crippen LogP contribution in [0.2, 0.25) is 0 Å². The van der Waals surface area contributed by atoms with E-state index < -0.39 is 0 Å². The number of nitrogens with zero attached hydrogens (tertiary/aromatic N) is 5. The number of pyridine rings is 1. The Morgan fingerprint density at radius 1 is 1.26 bits per heavy atom. The van der Waals surface area contributed by atoms with E-state index in [2.05, 4.69) is 17.2 Å². The number of fused-ring (bicyclic) bond motifs is 1. The third-order valence-electron chi connectivity index (χ3n) is 6.95. The van der Waals surface area contributed by atoms with Gasteiger partial charge in [0, 0.05) is 92.1 Å². The largest absolute Gasteiger partial charge is 0.398 e. The summed E-state index contributed by atoms with van der Waals surface area (Å²) in [5.74, 6) is 0.0531. The van der Waals surface area contributed by atoms with Crippen LogP contribution in [-0.2, 0) is 16.6 Å². The first kappa shape index (κ1) is 23.2. The minimum atomic E-state index is 0.0531. The average molecular weight is 473 g/mol. The maximum Gasteiger partial charge on any atom is 0.219 e. The highest BCUT2D eigenvalue weighted by atomic mass is 16.5. The molecule has 1 aromatic carbocycles. The number of ether oxygens (including phenoxy) is 1. The number of likely N-dealkylation sites (tertiary alicyclic amines) is 1. The van der Waals surface area contributed by atoms with Gasteiger partial charge in [0.15, 0.2) is 0 Å². The van der Waals surface area contributed by atoms with Gasteiger partial charge in [-0.3, -0.25) is 19.5 Å². The molecular weight excluding hydrogens is 440 g/mol. The number of nitrogens with two attached hydrogens (primary N) is 1. The first-order chi connectivity index (χ1) is 16.9. The maximum absolute atomic E-state index is 12.2. The van der Waals surface area contributed by atoms with Crippen LogP contribution in [0.3, 0.4) is 0 Å². The number of carbonyl (C=O) groups excluding carboxylic acids is 1. The Kier molecular flexibility index (Phi) is 6.38. The molecule has 3 aromatic rings. The predicted octanol–water partition coefficient (Wildman–Crippen LogP) is 3.49. The van der Waals surface area contributed by atoms with Crippen molar-refractivity contribution in [2.75, 3.05) is 26.3 Å². The Balaban J connectivity index is 1.62. The molecule has 0 atom stereocenters. The summed E-state index contributed by atoms with van der Waals surface area (Å²) in [6, 6.07) is 8.48. The van der Waals surface area contributed by atoms with E-state index >= 15 is 0 Å². The first-order valence-corrected chi connectivity index (χ1v) is 12.2. The molecule has 2 fully saturated rings. The lowest BCUT2D eigenvalue weighted by atomic mass is 9.92. The lowest BCUT2D eigenvalue weighted by Crippen LogP contribution is -2.40. The van der Waals surface area contributed by atoms with Crippen LogP contribution in [0, 0.1) is 6.92 Å². The number of rotatable bonds is 3. The van der Waals surface area contributed by atoms with E-state index in [1.165, 1.54) is 0 Å². The highest BCUT2D eigenvalue weighted by Crippen LogP contribution is 2.32. The predicted molar refractivity (Wildman–Crippen MR) is 138 cm³/mol. The number of benzene rings is 1. The molecule has 182 valence electrons. The summed E-state index contributed by atoms with van der Waals surface area (Å²) < 4.78 is 7.29. The van der Waals surface area contributed by atoms with Gasteiger partial charge < -0.3 is 15.4 Å². The minimum absolute atomic E-state index is 0.0531. The molecule has 8 nitrogen and oxygen atoms in total. The molecule has 35 heavy (non-hydrogen) atoms. The fraction of sp³-hybridized carbons (Fsp3) is 0.407. The van der Waals surface area contributed by atoms with Crippen LogP contribution in [0.5, 0.6) is 0 Å². The van der Waals surface area contributed by atoms with Crippen molar-refractivity contribution in [3.63, 3.8) is 0 Å². The van der Waals surface area contributed by atoms with Gasteiger partial charge in [-0.05, 0) is 31.2 Å². The monoisotopic (exact) mass is 472 g/mol. The molecule has 2 saturated heterocycles. The van der Waals surface area contributed by atoms with E-state index in [-0.39, 0.29) is 11.9 Å². The van der Waals surface area contributed by atoms with E-state index in [0.717, 1.165) is 70.6 Å². The van der Waals surface area contributed by atoms with Crippen molar-refractivity contribution in [1.29, 1.82) is 0 Å². The highest BCUT2D eigenvalue weighted by Gasteiger charge is 2.26. The molecule has 0 saturated carbocycles. The second-order valence-electron chi connectivity index (χ2n) is 9.40. The third-order valence-corrected chi connectivity index (χ3v) is 6.95. The van der Waals surface area contributed by atoms with Gasteiger partial charge >= 0.3 is 0 Å². The number of piperidine rings is 1.